The molecule has 1 aromatic carbocycles. The molecule has 0 aliphatic carbocycles. The summed E-state index contributed by atoms with van der Waals surface area (Å²) in [6, 6.07) is 9.15. The lowest BCUT2D eigenvalue weighted by Gasteiger charge is -2.11. The van der Waals surface area contributed by atoms with E-state index in [2.05, 4.69) is 20.6 Å². The summed E-state index contributed by atoms with van der Waals surface area (Å²) in [6.07, 6.45) is 2.01. The average molecular weight is 360 g/mol. The normalized spacial score (nSPS) is 18.7. The first-order chi connectivity index (χ1) is 11.9. The topological polar surface area (TPSA) is 101 Å². The third-order valence-corrected chi connectivity index (χ3v) is 5.92. The molecular weight excluding hydrogens is 340 g/mol. The van der Waals surface area contributed by atoms with Crippen LogP contribution in [0.25, 0.3) is 0 Å². The van der Waals surface area contributed by atoms with Crippen LogP contribution in [0.3, 0.4) is 0 Å². The van der Waals surface area contributed by atoms with Gasteiger partial charge in [0.1, 0.15) is 5.69 Å². The molecule has 8 heteroatoms. The molecule has 1 aromatic heterocycles. The van der Waals surface area contributed by atoms with Gasteiger partial charge in [0.05, 0.1) is 11.5 Å². The van der Waals surface area contributed by atoms with E-state index < -0.39 is 9.84 Å². The summed E-state index contributed by atoms with van der Waals surface area (Å²) in [4.78, 5) is 20.6. The van der Waals surface area contributed by atoms with Crippen molar-refractivity contribution in [3.8, 4) is 0 Å². The highest BCUT2D eigenvalue weighted by Gasteiger charge is 2.28. The van der Waals surface area contributed by atoms with Crippen LogP contribution in [0, 0.1) is 6.92 Å². The Balaban J connectivity index is 1.63. The van der Waals surface area contributed by atoms with Gasteiger partial charge in [-0.2, -0.15) is 0 Å². The summed E-state index contributed by atoms with van der Waals surface area (Å²) >= 11 is 0. The van der Waals surface area contributed by atoms with Crippen LogP contribution in [-0.2, 0) is 16.4 Å². The Hall–Kier alpha value is -2.48. The van der Waals surface area contributed by atoms with Crippen LogP contribution in [0.4, 0.5) is 5.95 Å². The van der Waals surface area contributed by atoms with Crippen LogP contribution in [0.1, 0.15) is 28.0 Å². The lowest BCUT2D eigenvalue weighted by Crippen LogP contribution is -2.26. The Morgan fingerprint density at radius 3 is 2.80 bits per heavy atom. The fourth-order valence-corrected chi connectivity index (χ4v) is 4.39. The fraction of sp³-hybridized carbons (Fsp3) is 0.353. The zero-order valence-corrected chi connectivity index (χ0v) is 14.7. The van der Waals surface area contributed by atoms with Crippen molar-refractivity contribution in [2.45, 2.75) is 25.9 Å². The number of hydrogen-bond acceptors (Lipinski definition) is 6. The van der Waals surface area contributed by atoms with E-state index in [0.29, 0.717) is 13.0 Å². The molecule has 1 amide bonds. The van der Waals surface area contributed by atoms with Gasteiger partial charge in [-0.25, -0.2) is 18.4 Å². The smallest absolute Gasteiger partial charge is 0.270 e. The molecule has 0 bridgehead atoms. The maximum absolute atomic E-state index is 12.3. The Kier molecular flexibility index (Phi) is 4.98. The van der Waals surface area contributed by atoms with Crippen LogP contribution >= 0.6 is 0 Å². The molecule has 2 N–H and O–H groups in total. The van der Waals surface area contributed by atoms with Crippen LogP contribution in [0.2, 0.25) is 0 Å². The van der Waals surface area contributed by atoms with Gasteiger partial charge in [0, 0.05) is 18.8 Å². The largest absolute Gasteiger partial charge is 0.350 e. The molecule has 1 saturated heterocycles. The molecule has 3 rings (SSSR count). The predicted molar refractivity (Wildman–Crippen MR) is 95.1 cm³/mol. The van der Waals surface area contributed by atoms with E-state index in [0.717, 1.165) is 11.1 Å². The molecule has 2 aromatic rings. The maximum Gasteiger partial charge on any atom is 0.270 e. The number of aromatic nitrogens is 2. The lowest BCUT2D eigenvalue weighted by atomic mass is 10.1. The molecule has 0 saturated carbocycles. The second kappa shape index (κ2) is 7.18. The molecule has 7 nitrogen and oxygen atoms in total. The molecule has 0 spiro atoms. The summed E-state index contributed by atoms with van der Waals surface area (Å²) in [7, 11) is -2.98. The first kappa shape index (κ1) is 17.3. The molecule has 0 radical (unpaired) electrons. The van der Waals surface area contributed by atoms with Crippen LogP contribution in [0.5, 0.6) is 0 Å². The minimum atomic E-state index is -2.98. The molecule has 25 heavy (non-hydrogen) atoms. The number of carbonyl (C=O) groups excluding carboxylic acids is 1. The Labute approximate surface area is 146 Å². The number of carbonyl (C=O) groups is 1. The summed E-state index contributed by atoms with van der Waals surface area (Å²) in [5.41, 5.74) is 2.39. The lowest BCUT2D eigenvalue weighted by molar-refractivity contribution is 0.0946. The average Bonchev–Trinajstić information content (AvgIpc) is 2.92. The molecule has 1 atom stereocenters. The van der Waals surface area contributed by atoms with Crippen molar-refractivity contribution in [2.24, 2.45) is 0 Å². The van der Waals surface area contributed by atoms with Crippen molar-refractivity contribution in [1.29, 1.82) is 0 Å². The quantitative estimate of drug-likeness (QED) is 0.834. The maximum atomic E-state index is 12.3. The number of nitrogens with one attached hydrogen (secondary N) is 2. The first-order valence-electron chi connectivity index (χ1n) is 8.06. The second-order valence-electron chi connectivity index (χ2n) is 6.12. The van der Waals surface area contributed by atoms with Gasteiger partial charge in [0.15, 0.2) is 9.84 Å². The number of amides is 1. The standard InChI is InChI=1S/C17H20N4O3S/c1-12-4-2-3-5-13(12)10-19-16(22)15-6-8-18-17(21-15)20-14-7-9-25(23,24)11-14/h2-6,8,14H,7,9-11H2,1H3,(H,19,22)(H,18,20,21). The number of benzene rings is 1. The van der Waals surface area contributed by atoms with Crippen molar-refractivity contribution in [3.63, 3.8) is 0 Å². The number of aryl methyl sites for hydroxylation is 1. The first-order valence-corrected chi connectivity index (χ1v) is 9.88. The fourth-order valence-electron chi connectivity index (χ4n) is 2.72. The van der Waals surface area contributed by atoms with Crippen molar-refractivity contribution >= 4 is 21.7 Å². The van der Waals surface area contributed by atoms with E-state index in [-0.39, 0.29) is 35.1 Å². The van der Waals surface area contributed by atoms with E-state index in [1.807, 2.05) is 31.2 Å². The Morgan fingerprint density at radius 1 is 1.28 bits per heavy atom. The van der Waals surface area contributed by atoms with Crippen molar-refractivity contribution in [1.82, 2.24) is 15.3 Å². The summed E-state index contributed by atoms with van der Waals surface area (Å²) in [6.45, 7) is 2.41. The number of hydrogen-bond donors (Lipinski definition) is 2. The predicted octanol–water partition coefficient (Wildman–Crippen LogP) is 1.31. The molecule has 132 valence electrons. The third kappa shape index (κ3) is 4.54. The molecule has 1 aliphatic rings. The zero-order chi connectivity index (χ0) is 17.9. The van der Waals surface area contributed by atoms with Crippen LogP contribution in [-0.4, -0.2) is 41.8 Å². The molecule has 1 unspecified atom stereocenters. The van der Waals surface area contributed by atoms with E-state index in [1.165, 1.54) is 12.3 Å². The third-order valence-electron chi connectivity index (χ3n) is 4.15. The summed E-state index contributed by atoms with van der Waals surface area (Å²) in [5, 5.41) is 5.83. The minimum absolute atomic E-state index is 0.0695. The number of nitrogens with zero attached hydrogens (tertiary/aromatic N) is 2. The highest BCUT2D eigenvalue weighted by atomic mass is 32.2. The summed E-state index contributed by atoms with van der Waals surface area (Å²) < 4.78 is 23.0. The molecule has 1 aliphatic heterocycles. The monoisotopic (exact) mass is 360 g/mol. The Morgan fingerprint density at radius 2 is 2.08 bits per heavy atom. The van der Waals surface area contributed by atoms with Gasteiger partial charge in [-0.3, -0.25) is 4.79 Å². The minimum Gasteiger partial charge on any atom is -0.350 e. The Bertz CT molecular complexity index is 883. The van der Waals surface area contributed by atoms with Crippen LogP contribution in [0.15, 0.2) is 36.5 Å². The van der Waals surface area contributed by atoms with Gasteiger partial charge < -0.3 is 10.6 Å². The molecular formula is C17H20N4O3S. The number of anilines is 1. The molecule has 1 fully saturated rings. The van der Waals surface area contributed by atoms with Gasteiger partial charge in [0.2, 0.25) is 5.95 Å². The summed E-state index contributed by atoms with van der Waals surface area (Å²) in [5.74, 6) is 0.208. The van der Waals surface area contributed by atoms with Crippen molar-refractivity contribution in [3.05, 3.63) is 53.3 Å². The van der Waals surface area contributed by atoms with E-state index in [1.54, 1.807) is 0 Å². The number of rotatable bonds is 5. The molecule has 2 heterocycles. The van der Waals surface area contributed by atoms with E-state index in [4.69, 9.17) is 0 Å². The van der Waals surface area contributed by atoms with Crippen molar-refractivity contribution in [2.75, 3.05) is 16.8 Å². The van der Waals surface area contributed by atoms with Gasteiger partial charge in [-0.05, 0) is 30.5 Å². The highest BCUT2D eigenvalue weighted by molar-refractivity contribution is 7.91. The van der Waals surface area contributed by atoms with Crippen molar-refractivity contribution < 1.29 is 13.2 Å². The van der Waals surface area contributed by atoms with Crippen LogP contribution < -0.4 is 10.6 Å². The van der Waals surface area contributed by atoms with E-state index in [9.17, 15) is 13.2 Å². The second-order valence-corrected chi connectivity index (χ2v) is 8.35. The van der Waals surface area contributed by atoms with Gasteiger partial charge in [0.25, 0.3) is 5.91 Å². The SMILES string of the molecule is Cc1ccccc1CNC(=O)c1ccnc(NC2CCS(=O)(=O)C2)n1. The zero-order valence-electron chi connectivity index (χ0n) is 13.9. The van der Waals surface area contributed by atoms with Gasteiger partial charge in [-0.15, -0.1) is 0 Å². The number of sulfone groups is 1. The van der Waals surface area contributed by atoms with Gasteiger partial charge in [-0.1, -0.05) is 24.3 Å². The highest BCUT2D eigenvalue weighted by Crippen LogP contribution is 2.15. The van der Waals surface area contributed by atoms with Gasteiger partial charge >= 0.3 is 0 Å². The van der Waals surface area contributed by atoms with E-state index >= 15 is 0 Å².